The number of nitrogens with zero attached hydrogens (tertiary/aromatic N) is 2. The van der Waals surface area contributed by atoms with Crippen molar-refractivity contribution in [3.05, 3.63) is 30.1 Å². The van der Waals surface area contributed by atoms with Gasteiger partial charge in [0, 0.05) is 32.2 Å². The lowest BCUT2D eigenvalue weighted by atomic mass is 10.0. The number of piperidine rings is 1. The average molecular weight is 356 g/mol. The van der Waals surface area contributed by atoms with Gasteiger partial charge in [-0.25, -0.2) is 12.8 Å². The maximum atomic E-state index is 13.0. The maximum absolute atomic E-state index is 13.0. The van der Waals surface area contributed by atoms with Crippen molar-refractivity contribution in [2.75, 3.05) is 26.2 Å². The van der Waals surface area contributed by atoms with Gasteiger partial charge in [-0.15, -0.1) is 0 Å². The molecule has 0 radical (unpaired) electrons. The second kappa shape index (κ2) is 7.07. The summed E-state index contributed by atoms with van der Waals surface area (Å²) in [4.78, 5) is 2.59. The molecule has 2 atom stereocenters. The molecular weight excluding hydrogens is 331 g/mol. The van der Waals surface area contributed by atoms with Crippen molar-refractivity contribution in [2.45, 2.75) is 49.8 Å². The molecule has 0 aromatic heterocycles. The standard InChI is InChI=1S/C17H25FN2O3S/c1-13-11-19(12-14(2)23-13)16-7-9-20(10-8-16)24(21,22)17-5-3-15(18)4-6-17/h3-6,13-14,16H,7-12H2,1-2H3. The molecular formula is C17H25FN2O3S. The van der Waals surface area contributed by atoms with E-state index in [1.165, 1.54) is 28.6 Å². The third-order valence-corrected chi connectivity index (χ3v) is 6.75. The first-order chi connectivity index (χ1) is 11.4. The molecule has 2 heterocycles. The van der Waals surface area contributed by atoms with Crippen LogP contribution in [0.5, 0.6) is 0 Å². The molecule has 0 bridgehead atoms. The third-order valence-electron chi connectivity index (χ3n) is 4.84. The molecule has 2 aliphatic rings. The van der Waals surface area contributed by atoms with E-state index < -0.39 is 15.8 Å². The molecule has 3 rings (SSSR count). The van der Waals surface area contributed by atoms with E-state index in [0.29, 0.717) is 19.1 Å². The summed E-state index contributed by atoms with van der Waals surface area (Å²) in [6.45, 7) is 6.97. The van der Waals surface area contributed by atoms with Gasteiger partial charge in [0.2, 0.25) is 10.0 Å². The van der Waals surface area contributed by atoms with E-state index in [1.807, 2.05) is 0 Å². The summed E-state index contributed by atoms with van der Waals surface area (Å²) < 4.78 is 45.6. The van der Waals surface area contributed by atoms with Crippen molar-refractivity contribution in [2.24, 2.45) is 0 Å². The molecule has 0 N–H and O–H groups in total. The summed E-state index contributed by atoms with van der Waals surface area (Å²) in [5.41, 5.74) is 0. The Morgan fingerprint density at radius 3 is 2.12 bits per heavy atom. The lowest BCUT2D eigenvalue weighted by molar-refractivity contribution is -0.0847. The van der Waals surface area contributed by atoms with Gasteiger partial charge in [0.05, 0.1) is 17.1 Å². The lowest BCUT2D eigenvalue weighted by Crippen LogP contribution is -2.53. The van der Waals surface area contributed by atoms with Crippen molar-refractivity contribution >= 4 is 10.0 Å². The first-order valence-electron chi connectivity index (χ1n) is 8.51. The van der Waals surface area contributed by atoms with Gasteiger partial charge < -0.3 is 4.74 Å². The molecule has 24 heavy (non-hydrogen) atoms. The monoisotopic (exact) mass is 356 g/mol. The topological polar surface area (TPSA) is 49.9 Å². The molecule has 2 fully saturated rings. The Morgan fingerprint density at radius 2 is 1.58 bits per heavy atom. The van der Waals surface area contributed by atoms with Crippen LogP contribution >= 0.6 is 0 Å². The Hall–Kier alpha value is -1.02. The summed E-state index contributed by atoms with van der Waals surface area (Å²) in [6, 6.07) is 5.45. The molecule has 0 aliphatic carbocycles. The average Bonchev–Trinajstić information content (AvgIpc) is 2.54. The van der Waals surface area contributed by atoms with Crippen LogP contribution in [-0.2, 0) is 14.8 Å². The molecule has 2 saturated heterocycles. The van der Waals surface area contributed by atoms with Gasteiger partial charge in [-0.3, -0.25) is 4.90 Å². The molecule has 134 valence electrons. The molecule has 0 amide bonds. The van der Waals surface area contributed by atoms with Crippen LogP contribution < -0.4 is 0 Å². The van der Waals surface area contributed by atoms with E-state index >= 15 is 0 Å². The Kier molecular flexibility index (Phi) is 5.24. The van der Waals surface area contributed by atoms with E-state index in [0.717, 1.165) is 25.9 Å². The Morgan fingerprint density at radius 1 is 1.04 bits per heavy atom. The molecule has 2 aliphatic heterocycles. The predicted molar refractivity (Wildman–Crippen MR) is 89.8 cm³/mol. The van der Waals surface area contributed by atoms with Crippen molar-refractivity contribution in [1.29, 1.82) is 0 Å². The largest absolute Gasteiger partial charge is 0.373 e. The summed E-state index contributed by atoms with van der Waals surface area (Å²) in [7, 11) is -3.53. The van der Waals surface area contributed by atoms with Crippen molar-refractivity contribution in [3.63, 3.8) is 0 Å². The molecule has 5 nitrogen and oxygen atoms in total. The van der Waals surface area contributed by atoms with E-state index in [1.54, 1.807) is 0 Å². The lowest BCUT2D eigenvalue weighted by Gasteiger charge is -2.43. The number of hydrogen-bond acceptors (Lipinski definition) is 4. The highest BCUT2D eigenvalue weighted by Crippen LogP contribution is 2.25. The van der Waals surface area contributed by atoms with Crippen molar-refractivity contribution in [1.82, 2.24) is 9.21 Å². The van der Waals surface area contributed by atoms with Crippen LogP contribution in [-0.4, -0.2) is 62.1 Å². The second-order valence-corrected chi connectivity index (χ2v) is 8.74. The summed E-state index contributed by atoms with van der Waals surface area (Å²) in [5.74, 6) is -0.428. The zero-order valence-electron chi connectivity index (χ0n) is 14.2. The highest BCUT2D eigenvalue weighted by atomic mass is 32.2. The van der Waals surface area contributed by atoms with Crippen LogP contribution in [0.15, 0.2) is 29.2 Å². The van der Waals surface area contributed by atoms with Crippen LogP contribution in [0.3, 0.4) is 0 Å². The van der Waals surface area contributed by atoms with Gasteiger partial charge in [-0.1, -0.05) is 0 Å². The predicted octanol–water partition coefficient (Wildman–Crippen LogP) is 2.09. The number of benzene rings is 1. The first kappa shape index (κ1) is 17.8. The highest BCUT2D eigenvalue weighted by molar-refractivity contribution is 7.89. The zero-order chi connectivity index (χ0) is 17.3. The van der Waals surface area contributed by atoms with Crippen LogP contribution in [0.4, 0.5) is 4.39 Å². The number of morpholine rings is 1. The normalized spacial score (nSPS) is 28.1. The quantitative estimate of drug-likeness (QED) is 0.832. The third kappa shape index (κ3) is 3.79. The first-order valence-corrected chi connectivity index (χ1v) is 9.95. The minimum atomic E-state index is -3.53. The van der Waals surface area contributed by atoms with Gasteiger partial charge in [0.25, 0.3) is 0 Å². The number of hydrogen-bond donors (Lipinski definition) is 0. The Balaban J connectivity index is 1.63. The number of halogens is 1. The molecule has 1 aromatic carbocycles. The zero-order valence-corrected chi connectivity index (χ0v) is 15.0. The molecule has 0 spiro atoms. The van der Waals surface area contributed by atoms with E-state index in [-0.39, 0.29) is 17.1 Å². The van der Waals surface area contributed by atoms with Crippen LogP contribution in [0.2, 0.25) is 0 Å². The molecule has 0 saturated carbocycles. The van der Waals surface area contributed by atoms with E-state index in [2.05, 4.69) is 18.7 Å². The number of ether oxygens (including phenoxy) is 1. The van der Waals surface area contributed by atoms with Gasteiger partial charge in [0.1, 0.15) is 5.82 Å². The van der Waals surface area contributed by atoms with Gasteiger partial charge in [0.15, 0.2) is 0 Å². The Labute approximate surface area is 143 Å². The SMILES string of the molecule is CC1CN(C2CCN(S(=O)(=O)c3ccc(F)cc3)CC2)CC(C)O1. The van der Waals surface area contributed by atoms with Gasteiger partial charge in [-0.2, -0.15) is 4.31 Å². The molecule has 2 unspecified atom stereocenters. The second-order valence-electron chi connectivity index (χ2n) is 6.80. The molecule has 7 heteroatoms. The highest BCUT2D eigenvalue weighted by Gasteiger charge is 2.34. The fourth-order valence-corrected chi connectivity index (χ4v) is 5.19. The number of sulfonamides is 1. The maximum Gasteiger partial charge on any atom is 0.243 e. The minimum absolute atomic E-state index is 0.163. The van der Waals surface area contributed by atoms with Crippen LogP contribution in [0.1, 0.15) is 26.7 Å². The Bertz CT molecular complexity index is 647. The van der Waals surface area contributed by atoms with Gasteiger partial charge in [-0.05, 0) is 51.0 Å². The summed E-state index contributed by atoms with van der Waals surface area (Å²) in [6.07, 6.45) is 2.07. The van der Waals surface area contributed by atoms with Crippen LogP contribution in [0.25, 0.3) is 0 Å². The van der Waals surface area contributed by atoms with E-state index in [9.17, 15) is 12.8 Å². The van der Waals surface area contributed by atoms with Gasteiger partial charge >= 0.3 is 0 Å². The fourth-order valence-electron chi connectivity index (χ4n) is 3.72. The summed E-state index contributed by atoms with van der Waals surface area (Å²) >= 11 is 0. The fraction of sp³-hybridized carbons (Fsp3) is 0.647. The smallest absolute Gasteiger partial charge is 0.243 e. The van der Waals surface area contributed by atoms with Crippen LogP contribution in [0, 0.1) is 5.82 Å². The van der Waals surface area contributed by atoms with Crippen molar-refractivity contribution < 1.29 is 17.5 Å². The minimum Gasteiger partial charge on any atom is -0.373 e. The molecule has 1 aromatic rings. The van der Waals surface area contributed by atoms with Crippen molar-refractivity contribution in [3.8, 4) is 0 Å². The summed E-state index contributed by atoms with van der Waals surface area (Å²) in [5, 5.41) is 0. The van der Waals surface area contributed by atoms with E-state index in [4.69, 9.17) is 4.74 Å². The number of rotatable bonds is 3.